The van der Waals surface area contributed by atoms with Gasteiger partial charge in [-0.25, -0.2) is 4.79 Å². The molecule has 39 heavy (non-hydrogen) atoms. The van der Waals surface area contributed by atoms with Crippen molar-refractivity contribution in [2.24, 2.45) is 0 Å². The molecule has 0 aliphatic heterocycles. The molecule has 0 spiro atoms. The number of rotatable bonds is 9. The number of carboxylic acid groups (broad SMARTS) is 1. The summed E-state index contributed by atoms with van der Waals surface area (Å²) in [7, 11) is 0. The zero-order valence-electron chi connectivity index (χ0n) is 20.8. The monoisotopic (exact) mass is 568 g/mol. The summed E-state index contributed by atoms with van der Waals surface area (Å²) in [4.78, 5) is 11.8. The van der Waals surface area contributed by atoms with Gasteiger partial charge in [0.25, 0.3) is 0 Å². The molecular formula is C31H24ClF3O3S. The lowest BCUT2D eigenvalue weighted by Gasteiger charge is -2.12. The molecule has 0 saturated heterocycles. The molecular weight excluding hydrogens is 545 g/mol. The number of halogens is 4. The number of carbonyl (C=O) groups is 1. The quantitative estimate of drug-likeness (QED) is 0.205. The molecule has 8 heteroatoms. The van der Waals surface area contributed by atoms with Crippen LogP contribution in [0.15, 0.2) is 102 Å². The fraction of sp³-hybridized carbons (Fsp3) is 0.129. The molecule has 4 rings (SSSR count). The molecule has 0 fully saturated rings. The maximum Gasteiger partial charge on any atom is 0.416 e. The van der Waals surface area contributed by atoms with Crippen LogP contribution in [0.2, 0.25) is 5.02 Å². The largest absolute Gasteiger partial charge is 0.482 e. The zero-order chi connectivity index (χ0) is 28.0. The van der Waals surface area contributed by atoms with Crippen molar-refractivity contribution in [3.8, 4) is 16.9 Å². The summed E-state index contributed by atoms with van der Waals surface area (Å²) in [5.74, 6) is 0.167. The highest BCUT2D eigenvalue weighted by Gasteiger charge is 2.29. The van der Waals surface area contributed by atoms with E-state index in [1.54, 1.807) is 17.8 Å². The molecule has 200 valence electrons. The van der Waals surface area contributed by atoms with Crippen LogP contribution >= 0.6 is 23.4 Å². The molecule has 0 aromatic heterocycles. The first-order chi connectivity index (χ1) is 18.6. The van der Waals surface area contributed by atoms with E-state index in [2.05, 4.69) is 6.08 Å². The van der Waals surface area contributed by atoms with Crippen LogP contribution in [0, 0.1) is 6.92 Å². The van der Waals surface area contributed by atoms with Crippen molar-refractivity contribution in [3.05, 3.63) is 124 Å². The van der Waals surface area contributed by atoms with Gasteiger partial charge >= 0.3 is 12.1 Å². The molecule has 0 amide bonds. The number of hydrogen-bond donors (Lipinski definition) is 1. The summed E-state index contributed by atoms with van der Waals surface area (Å²) in [6, 6.07) is 26.0. The Bertz CT molecular complexity index is 1460. The summed E-state index contributed by atoms with van der Waals surface area (Å²) in [5, 5.41) is 9.45. The molecule has 0 atom stereocenters. The third-order valence-corrected chi connectivity index (χ3v) is 7.10. The van der Waals surface area contributed by atoms with Gasteiger partial charge in [-0.15, -0.1) is 11.8 Å². The molecule has 0 aliphatic rings. The van der Waals surface area contributed by atoms with Crippen molar-refractivity contribution >= 4 is 34.9 Å². The van der Waals surface area contributed by atoms with Crippen LogP contribution in [0.3, 0.4) is 0 Å². The first kappa shape index (κ1) is 28.3. The summed E-state index contributed by atoms with van der Waals surface area (Å²) in [5.41, 5.74) is 4.63. The van der Waals surface area contributed by atoms with E-state index >= 15 is 0 Å². The summed E-state index contributed by atoms with van der Waals surface area (Å²) in [6.45, 7) is 1.48. The van der Waals surface area contributed by atoms with Crippen LogP contribution in [0.4, 0.5) is 13.2 Å². The Hall–Kier alpha value is -3.68. The fourth-order valence-corrected chi connectivity index (χ4v) is 4.95. The number of benzene rings is 4. The van der Waals surface area contributed by atoms with E-state index in [9.17, 15) is 18.0 Å². The van der Waals surface area contributed by atoms with Crippen molar-refractivity contribution in [1.82, 2.24) is 0 Å². The Morgan fingerprint density at radius 2 is 1.46 bits per heavy atom. The number of alkyl halides is 3. The molecule has 0 heterocycles. The van der Waals surface area contributed by atoms with Crippen molar-refractivity contribution in [2.45, 2.75) is 18.0 Å². The van der Waals surface area contributed by atoms with Gasteiger partial charge in [0.1, 0.15) is 5.75 Å². The predicted octanol–water partition coefficient (Wildman–Crippen LogP) is 9.02. The van der Waals surface area contributed by atoms with Crippen LogP contribution in [-0.4, -0.2) is 23.4 Å². The molecule has 0 saturated carbocycles. The predicted molar refractivity (Wildman–Crippen MR) is 150 cm³/mol. The molecule has 1 N–H and O–H groups in total. The first-order valence-corrected chi connectivity index (χ1v) is 13.3. The minimum absolute atomic E-state index is 0.391. The van der Waals surface area contributed by atoms with Gasteiger partial charge in [0.2, 0.25) is 0 Å². The van der Waals surface area contributed by atoms with Gasteiger partial charge in [0, 0.05) is 15.7 Å². The Balaban J connectivity index is 1.54. The molecule has 4 aromatic rings. The van der Waals surface area contributed by atoms with E-state index in [-0.39, 0.29) is 0 Å². The van der Waals surface area contributed by atoms with E-state index in [1.807, 2.05) is 67.6 Å². The highest BCUT2D eigenvalue weighted by molar-refractivity contribution is 7.99. The van der Waals surface area contributed by atoms with Crippen LogP contribution in [0.1, 0.15) is 22.3 Å². The van der Waals surface area contributed by atoms with E-state index in [0.717, 1.165) is 44.9 Å². The second kappa shape index (κ2) is 12.5. The summed E-state index contributed by atoms with van der Waals surface area (Å²) < 4.78 is 44.0. The maximum atomic E-state index is 12.9. The fourth-order valence-electron chi connectivity index (χ4n) is 3.96. The second-order valence-corrected chi connectivity index (χ2v) is 10.2. The van der Waals surface area contributed by atoms with Gasteiger partial charge in [-0.2, -0.15) is 13.2 Å². The van der Waals surface area contributed by atoms with Gasteiger partial charge in [-0.1, -0.05) is 66.2 Å². The lowest BCUT2D eigenvalue weighted by atomic mass is 9.95. The number of thioether (sulfide) groups is 1. The SMILES string of the molecule is Cc1cc(SC/C=C(\c2ccc(Cl)cc2)c2ccc(-c3ccc(C(F)(F)F)cc3)cc2)ccc1OCC(=O)O. The summed E-state index contributed by atoms with van der Waals surface area (Å²) >= 11 is 7.73. The third-order valence-electron chi connectivity index (χ3n) is 5.93. The standard InChI is InChI=1S/C31H24ClF3O3S/c1-20-18-27(14-15-29(20)38-19-30(36)37)39-17-16-28(24-8-12-26(32)13-9-24)23-4-2-21(3-5-23)22-6-10-25(11-7-22)31(33,34)35/h2-16,18H,17,19H2,1H3,(H,36,37)/b28-16-. The van der Waals surface area contributed by atoms with Crippen LogP contribution < -0.4 is 4.74 Å². The van der Waals surface area contributed by atoms with Crippen molar-refractivity contribution in [1.29, 1.82) is 0 Å². The number of hydrogen-bond acceptors (Lipinski definition) is 3. The minimum atomic E-state index is -4.37. The lowest BCUT2D eigenvalue weighted by Crippen LogP contribution is -2.09. The summed E-state index contributed by atoms with van der Waals surface area (Å²) in [6.07, 6.45) is -2.25. The van der Waals surface area contributed by atoms with Crippen molar-refractivity contribution < 1.29 is 27.8 Å². The zero-order valence-corrected chi connectivity index (χ0v) is 22.4. The number of ether oxygens (including phenoxy) is 1. The normalized spacial score (nSPS) is 11.9. The van der Waals surface area contributed by atoms with Crippen molar-refractivity contribution in [3.63, 3.8) is 0 Å². The molecule has 3 nitrogen and oxygen atoms in total. The second-order valence-electron chi connectivity index (χ2n) is 8.70. The molecule has 0 aliphatic carbocycles. The average Bonchev–Trinajstić information content (AvgIpc) is 2.91. The Kier molecular flexibility index (Phi) is 9.04. The molecule has 0 unspecified atom stereocenters. The van der Waals surface area contributed by atoms with E-state index in [4.69, 9.17) is 21.4 Å². The smallest absolute Gasteiger partial charge is 0.416 e. The van der Waals surface area contributed by atoms with Gasteiger partial charge in [-0.05, 0) is 82.8 Å². The first-order valence-electron chi connectivity index (χ1n) is 11.9. The Labute approximate surface area is 233 Å². The van der Waals surface area contributed by atoms with Gasteiger partial charge < -0.3 is 9.84 Å². The average molecular weight is 569 g/mol. The highest BCUT2D eigenvalue weighted by atomic mass is 35.5. The number of carboxylic acids is 1. The molecule has 0 radical (unpaired) electrons. The van der Waals surface area contributed by atoms with E-state index in [0.29, 0.717) is 22.1 Å². The van der Waals surface area contributed by atoms with Crippen LogP contribution in [0.25, 0.3) is 16.7 Å². The van der Waals surface area contributed by atoms with E-state index in [1.165, 1.54) is 12.1 Å². The third kappa shape index (κ3) is 7.68. The van der Waals surface area contributed by atoms with E-state index < -0.39 is 24.3 Å². The van der Waals surface area contributed by atoms with Crippen LogP contribution in [-0.2, 0) is 11.0 Å². The molecule has 4 aromatic carbocycles. The van der Waals surface area contributed by atoms with Crippen LogP contribution in [0.5, 0.6) is 5.75 Å². The number of aliphatic carboxylic acids is 1. The van der Waals surface area contributed by atoms with Gasteiger partial charge in [0.05, 0.1) is 5.56 Å². The molecule has 0 bridgehead atoms. The lowest BCUT2D eigenvalue weighted by molar-refractivity contribution is -0.139. The van der Waals surface area contributed by atoms with Gasteiger partial charge in [0.15, 0.2) is 6.61 Å². The number of aryl methyl sites for hydroxylation is 1. The van der Waals surface area contributed by atoms with Gasteiger partial charge in [-0.3, -0.25) is 0 Å². The Morgan fingerprint density at radius 1 is 0.897 bits per heavy atom. The maximum absolute atomic E-state index is 12.9. The Morgan fingerprint density at radius 3 is 2.00 bits per heavy atom. The highest BCUT2D eigenvalue weighted by Crippen LogP contribution is 2.33. The topological polar surface area (TPSA) is 46.5 Å². The minimum Gasteiger partial charge on any atom is -0.482 e. The van der Waals surface area contributed by atoms with Crippen molar-refractivity contribution in [2.75, 3.05) is 12.4 Å².